The van der Waals surface area contributed by atoms with Crippen molar-refractivity contribution >= 4 is 6.03 Å². The van der Waals surface area contributed by atoms with Crippen molar-refractivity contribution in [3.63, 3.8) is 0 Å². The van der Waals surface area contributed by atoms with Crippen molar-refractivity contribution in [1.82, 2.24) is 10.2 Å². The third-order valence-corrected chi connectivity index (χ3v) is 5.12. The van der Waals surface area contributed by atoms with Crippen LogP contribution in [0, 0.1) is 17.6 Å². The number of carbonyl (C=O) groups is 1. The second-order valence-electron chi connectivity index (χ2n) is 6.77. The highest BCUT2D eigenvalue weighted by Crippen LogP contribution is 2.49. The molecule has 1 aliphatic heterocycles. The minimum absolute atomic E-state index is 0.0866. The number of rotatable bonds is 4. The van der Waals surface area contributed by atoms with Gasteiger partial charge in [-0.2, -0.15) is 0 Å². The van der Waals surface area contributed by atoms with E-state index in [2.05, 4.69) is 5.32 Å². The molecule has 1 saturated heterocycles. The molecule has 2 atom stereocenters. The van der Waals surface area contributed by atoms with E-state index >= 15 is 0 Å². The van der Waals surface area contributed by atoms with E-state index in [0.29, 0.717) is 25.9 Å². The van der Waals surface area contributed by atoms with Crippen LogP contribution in [-0.4, -0.2) is 41.8 Å². The zero-order valence-corrected chi connectivity index (χ0v) is 13.2. The number of aliphatic hydroxyl groups excluding tert-OH is 1. The van der Waals surface area contributed by atoms with Gasteiger partial charge in [-0.3, -0.25) is 0 Å². The Morgan fingerprint density at radius 1 is 1.43 bits per heavy atom. The Bertz CT molecular complexity index is 582. The molecule has 0 aromatic heterocycles. The monoisotopic (exact) mass is 324 g/mol. The number of urea groups is 1. The average Bonchev–Trinajstić information content (AvgIpc) is 3.10. The molecule has 0 bridgehead atoms. The topological polar surface area (TPSA) is 52.6 Å². The van der Waals surface area contributed by atoms with E-state index in [1.165, 1.54) is 18.2 Å². The zero-order chi connectivity index (χ0) is 16.6. The minimum Gasteiger partial charge on any atom is -0.393 e. The summed E-state index contributed by atoms with van der Waals surface area (Å²) in [4.78, 5) is 13.9. The molecule has 1 saturated carbocycles. The molecule has 0 unspecified atom stereocenters. The Kier molecular flexibility index (Phi) is 4.27. The molecule has 4 nitrogen and oxygen atoms in total. The number of aliphatic hydroxyl groups is 1. The molecule has 1 aromatic rings. The fourth-order valence-corrected chi connectivity index (χ4v) is 3.39. The van der Waals surface area contributed by atoms with E-state index in [9.17, 15) is 18.7 Å². The zero-order valence-electron chi connectivity index (χ0n) is 13.2. The van der Waals surface area contributed by atoms with Gasteiger partial charge in [-0.25, -0.2) is 13.6 Å². The van der Waals surface area contributed by atoms with Gasteiger partial charge in [0.15, 0.2) is 0 Å². The van der Waals surface area contributed by atoms with Crippen LogP contribution < -0.4 is 5.32 Å². The first-order chi connectivity index (χ1) is 10.9. The Labute approximate surface area is 134 Å². The van der Waals surface area contributed by atoms with Gasteiger partial charge in [0, 0.05) is 36.5 Å². The Morgan fingerprint density at radius 3 is 2.61 bits per heavy atom. The summed E-state index contributed by atoms with van der Waals surface area (Å²) in [6, 6.07) is 3.64. The van der Waals surface area contributed by atoms with Gasteiger partial charge in [-0.05, 0) is 38.3 Å². The quantitative estimate of drug-likeness (QED) is 0.894. The predicted molar refractivity (Wildman–Crippen MR) is 82.0 cm³/mol. The molecular weight excluding hydrogens is 302 g/mol. The van der Waals surface area contributed by atoms with E-state index in [0.717, 1.165) is 6.42 Å². The van der Waals surface area contributed by atoms with E-state index in [1.54, 1.807) is 11.8 Å². The SMILES string of the molecule is C[C@@H](O)[C@@H]1CCN(C(=O)NCC2(c3c(F)cccc3F)CC2)C1. The van der Waals surface area contributed by atoms with Crippen LogP contribution in [0.1, 0.15) is 31.7 Å². The minimum atomic E-state index is -0.617. The summed E-state index contributed by atoms with van der Waals surface area (Å²) >= 11 is 0. The first-order valence-electron chi connectivity index (χ1n) is 8.08. The second-order valence-corrected chi connectivity index (χ2v) is 6.77. The largest absolute Gasteiger partial charge is 0.393 e. The number of carbonyl (C=O) groups excluding carboxylic acids is 1. The van der Waals surface area contributed by atoms with E-state index in [4.69, 9.17) is 0 Å². The first-order valence-corrected chi connectivity index (χ1v) is 8.08. The van der Waals surface area contributed by atoms with Gasteiger partial charge in [0.25, 0.3) is 0 Å². The summed E-state index contributed by atoms with van der Waals surface area (Å²) in [6.07, 6.45) is 1.68. The third kappa shape index (κ3) is 3.17. The highest BCUT2D eigenvalue weighted by molar-refractivity contribution is 5.74. The maximum Gasteiger partial charge on any atom is 0.317 e. The van der Waals surface area contributed by atoms with Crippen LogP contribution in [0.15, 0.2) is 18.2 Å². The lowest BCUT2D eigenvalue weighted by Crippen LogP contribution is -2.42. The van der Waals surface area contributed by atoms with Crippen LogP contribution in [-0.2, 0) is 5.41 Å². The molecule has 3 rings (SSSR count). The van der Waals surface area contributed by atoms with E-state index < -0.39 is 23.2 Å². The predicted octanol–water partition coefficient (Wildman–Crippen LogP) is 2.41. The molecule has 2 fully saturated rings. The lowest BCUT2D eigenvalue weighted by Gasteiger charge is -2.22. The number of hydrogen-bond acceptors (Lipinski definition) is 2. The summed E-state index contributed by atoms with van der Waals surface area (Å²) in [5, 5.41) is 12.4. The number of halogens is 2. The standard InChI is InChI=1S/C17H22F2N2O2/c1-11(22)12-5-8-21(9-12)16(23)20-10-17(6-7-17)15-13(18)3-2-4-14(15)19/h2-4,11-12,22H,5-10H2,1H3,(H,20,23)/t11-,12-/m1/s1. The number of benzene rings is 1. The van der Waals surface area contributed by atoms with Gasteiger partial charge >= 0.3 is 6.03 Å². The van der Waals surface area contributed by atoms with Crippen molar-refractivity contribution in [2.45, 2.75) is 37.7 Å². The molecule has 23 heavy (non-hydrogen) atoms. The van der Waals surface area contributed by atoms with Crippen molar-refractivity contribution in [1.29, 1.82) is 0 Å². The van der Waals surface area contributed by atoms with Gasteiger partial charge in [0.05, 0.1) is 6.10 Å². The molecule has 0 spiro atoms. The van der Waals surface area contributed by atoms with Crippen LogP contribution in [0.4, 0.5) is 13.6 Å². The molecule has 2 amide bonds. The summed E-state index contributed by atoms with van der Waals surface area (Å²) in [7, 11) is 0. The van der Waals surface area contributed by atoms with Gasteiger partial charge in [-0.15, -0.1) is 0 Å². The van der Waals surface area contributed by atoms with Crippen molar-refractivity contribution in [2.24, 2.45) is 5.92 Å². The number of nitrogens with zero attached hydrogens (tertiary/aromatic N) is 1. The van der Waals surface area contributed by atoms with Crippen LogP contribution in [0.2, 0.25) is 0 Å². The molecule has 126 valence electrons. The molecule has 0 radical (unpaired) electrons. The summed E-state index contributed by atoms with van der Waals surface area (Å²) in [6.45, 7) is 3.08. The first kappa shape index (κ1) is 16.2. The maximum absolute atomic E-state index is 14.0. The van der Waals surface area contributed by atoms with Gasteiger partial charge in [0.1, 0.15) is 11.6 Å². The van der Waals surface area contributed by atoms with Crippen LogP contribution in [0.25, 0.3) is 0 Å². The Morgan fingerprint density at radius 2 is 2.09 bits per heavy atom. The fourth-order valence-electron chi connectivity index (χ4n) is 3.39. The molecule has 2 N–H and O–H groups in total. The van der Waals surface area contributed by atoms with Crippen molar-refractivity contribution in [3.05, 3.63) is 35.4 Å². The molecular formula is C17H22F2N2O2. The van der Waals surface area contributed by atoms with Crippen LogP contribution >= 0.6 is 0 Å². The fraction of sp³-hybridized carbons (Fsp3) is 0.588. The molecule has 1 heterocycles. The van der Waals surface area contributed by atoms with Crippen molar-refractivity contribution < 1.29 is 18.7 Å². The highest BCUT2D eigenvalue weighted by atomic mass is 19.1. The lowest BCUT2D eigenvalue weighted by atomic mass is 9.94. The average molecular weight is 324 g/mol. The van der Waals surface area contributed by atoms with E-state index in [1.807, 2.05) is 0 Å². The Hall–Kier alpha value is -1.69. The van der Waals surface area contributed by atoms with Crippen LogP contribution in [0.5, 0.6) is 0 Å². The van der Waals surface area contributed by atoms with Gasteiger partial charge < -0.3 is 15.3 Å². The van der Waals surface area contributed by atoms with Crippen LogP contribution in [0.3, 0.4) is 0 Å². The summed E-state index contributed by atoms with van der Waals surface area (Å²) in [5.74, 6) is -1.00. The molecule has 6 heteroatoms. The van der Waals surface area contributed by atoms with Crippen molar-refractivity contribution in [3.8, 4) is 0 Å². The summed E-state index contributed by atoms with van der Waals surface area (Å²) < 4.78 is 27.9. The number of nitrogens with one attached hydrogen (secondary N) is 1. The maximum atomic E-state index is 14.0. The lowest BCUT2D eigenvalue weighted by molar-refractivity contribution is 0.129. The smallest absolute Gasteiger partial charge is 0.317 e. The molecule has 1 aliphatic carbocycles. The normalized spacial score (nSPS) is 23.7. The molecule has 2 aliphatic rings. The summed E-state index contributed by atoms with van der Waals surface area (Å²) in [5.41, 5.74) is -0.530. The van der Waals surface area contributed by atoms with Crippen molar-refractivity contribution in [2.75, 3.05) is 19.6 Å². The van der Waals surface area contributed by atoms with E-state index in [-0.39, 0.29) is 24.1 Å². The molecule has 1 aromatic carbocycles. The number of hydrogen-bond donors (Lipinski definition) is 2. The Balaban J connectivity index is 1.61. The third-order valence-electron chi connectivity index (χ3n) is 5.12. The van der Waals surface area contributed by atoms with Gasteiger partial charge in [-0.1, -0.05) is 6.07 Å². The number of amides is 2. The van der Waals surface area contributed by atoms with Gasteiger partial charge in [0.2, 0.25) is 0 Å². The second kappa shape index (κ2) is 6.07. The highest BCUT2D eigenvalue weighted by Gasteiger charge is 2.48. The number of likely N-dealkylation sites (tertiary alicyclic amines) is 1.